The number of amides is 1. The van der Waals surface area contributed by atoms with Gasteiger partial charge in [0, 0.05) is 44.5 Å². The summed E-state index contributed by atoms with van der Waals surface area (Å²) in [6.07, 6.45) is 2.55. The van der Waals surface area contributed by atoms with E-state index in [9.17, 15) is 13.2 Å². The highest BCUT2D eigenvalue weighted by atomic mass is 32.2. The minimum absolute atomic E-state index is 0.0982. The van der Waals surface area contributed by atoms with E-state index >= 15 is 0 Å². The summed E-state index contributed by atoms with van der Waals surface area (Å²) in [5, 5.41) is 3.32. The second-order valence-electron chi connectivity index (χ2n) is 8.27. The molecule has 25 heavy (non-hydrogen) atoms. The number of nitrogens with zero attached hydrogens (tertiary/aromatic N) is 1. The standard InChI is InChI=1S/C17H34N2O5S/c1-14(11-25(6,21)22)18-12-17(13-23-5)7-9-19(10-8-17)15(20)24-16(2,3)4/h14,18H,7-13H2,1-6H3. The molecular weight excluding hydrogens is 344 g/mol. The first-order chi connectivity index (χ1) is 11.4. The van der Waals surface area contributed by atoms with Crippen LogP contribution in [0.15, 0.2) is 0 Å². The average molecular weight is 379 g/mol. The van der Waals surface area contributed by atoms with Crippen molar-refractivity contribution < 1.29 is 22.7 Å². The molecule has 8 heteroatoms. The van der Waals surface area contributed by atoms with Crippen LogP contribution < -0.4 is 5.32 Å². The number of hydrogen-bond donors (Lipinski definition) is 1. The van der Waals surface area contributed by atoms with E-state index in [1.807, 2.05) is 27.7 Å². The molecule has 0 aromatic heterocycles. The van der Waals surface area contributed by atoms with Crippen molar-refractivity contribution in [3.63, 3.8) is 0 Å². The SMILES string of the molecule is COCC1(CNC(C)CS(C)(=O)=O)CCN(C(=O)OC(C)(C)C)CC1. The Bertz CT molecular complexity index is 534. The molecule has 0 aromatic carbocycles. The van der Waals surface area contributed by atoms with Gasteiger partial charge < -0.3 is 19.7 Å². The van der Waals surface area contributed by atoms with E-state index < -0.39 is 15.4 Å². The van der Waals surface area contributed by atoms with E-state index in [1.54, 1.807) is 12.0 Å². The van der Waals surface area contributed by atoms with Gasteiger partial charge in [0.2, 0.25) is 0 Å². The molecule has 1 heterocycles. The molecule has 0 aromatic rings. The molecule has 1 N–H and O–H groups in total. The highest BCUT2D eigenvalue weighted by Crippen LogP contribution is 2.32. The van der Waals surface area contributed by atoms with Crippen molar-refractivity contribution in [1.82, 2.24) is 10.2 Å². The van der Waals surface area contributed by atoms with Gasteiger partial charge in [-0.3, -0.25) is 0 Å². The number of ether oxygens (including phenoxy) is 2. The maximum Gasteiger partial charge on any atom is 0.410 e. The van der Waals surface area contributed by atoms with E-state index in [-0.39, 0.29) is 23.3 Å². The van der Waals surface area contributed by atoms with Crippen LogP contribution in [0.1, 0.15) is 40.5 Å². The van der Waals surface area contributed by atoms with Gasteiger partial charge in [0.05, 0.1) is 12.4 Å². The summed E-state index contributed by atoms with van der Waals surface area (Å²) in [6.45, 7) is 9.91. The summed E-state index contributed by atoms with van der Waals surface area (Å²) in [7, 11) is -1.34. The molecule has 1 aliphatic heterocycles. The highest BCUT2D eigenvalue weighted by Gasteiger charge is 2.37. The van der Waals surface area contributed by atoms with Gasteiger partial charge >= 0.3 is 6.09 Å². The fourth-order valence-electron chi connectivity index (χ4n) is 3.07. The number of likely N-dealkylation sites (tertiary alicyclic amines) is 1. The maximum absolute atomic E-state index is 12.2. The zero-order chi connectivity index (χ0) is 19.3. The molecule has 0 saturated carbocycles. The minimum atomic E-state index is -3.01. The number of carbonyl (C=O) groups is 1. The lowest BCUT2D eigenvalue weighted by atomic mass is 9.79. The van der Waals surface area contributed by atoms with E-state index in [0.29, 0.717) is 26.2 Å². The molecule has 1 amide bonds. The van der Waals surface area contributed by atoms with Crippen molar-refractivity contribution in [2.75, 3.05) is 45.4 Å². The van der Waals surface area contributed by atoms with Gasteiger partial charge in [-0.2, -0.15) is 0 Å². The third kappa shape index (κ3) is 8.37. The van der Waals surface area contributed by atoms with E-state index in [0.717, 1.165) is 12.8 Å². The van der Waals surface area contributed by atoms with Crippen LogP contribution in [0.25, 0.3) is 0 Å². The predicted octanol–water partition coefficient (Wildman–Crippen LogP) is 1.67. The minimum Gasteiger partial charge on any atom is -0.444 e. The molecule has 0 spiro atoms. The van der Waals surface area contributed by atoms with Crippen LogP contribution >= 0.6 is 0 Å². The lowest BCUT2D eigenvalue weighted by Crippen LogP contribution is -2.51. The molecule has 0 radical (unpaired) electrons. The Kier molecular flexibility index (Phi) is 7.71. The summed E-state index contributed by atoms with van der Waals surface area (Å²) >= 11 is 0. The smallest absolute Gasteiger partial charge is 0.410 e. The summed E-state index contributed by atoms with van der Waals surface area (Å²) in [6, 6.07) is -0.118. The summed E-state index contributed by atoms with van der Waals surface area (Å²) < 4.78 is 33.6. The molecule has 1 aliphatic rings. The van der Waals surface area contributed by atoms with Crippen LogP contribution in [0.2, 0.25) is 0 Å². The monoisotopic (exact) mass is 378 g/mol. The Balaban J connectivity index is 2.60. The highest BCUT2D eigenvalue weighted by molar-refractivity contribution is 7.90. The van der Waals surface area contributed by atoms with Gasteiger partial charge in [0.25, 0.3) is 0 Å². The maximum atomic E-state index is 12.2. The second kappa shape index (κ2) is 8.68. The number of sulfone groups is 1. The van der Waals surface area contributed by atoms with Gasteiger partial charge in [-0.15, -0.1) is 0 Å². The number of piperidine rings is 1. The summed E-state index contributed by atoms with van der Waals surface area (Å²) in [4.78, 5) is 13.9. The Morgan fingerprint density at radius 1 is 1.28 bits per heavy atom. The normalized spacial score (nSPS) is 19.5. The first-order valence-electron chi connectivity index (χ1n) is 8.74. The number of rotatable bonds is 7. The van der Waals surface area contributed by atoms with Gasteiger partial charge in [-0.05, 0) is 40.5 Å². The predicted molar refractivity (Wildman–Crippen MR) is 98.5 cm³/mol. The van der Waals surface area contributed by atoms with Gasteiger partial charge in [-0.25, -0.2) is 13.2 Å². The summed E-state index contributed by atoms with van der Waals surface area (Å²) in [5.74, 6) is 0.111. The molecule has 0 bridgehead atoms. The Labute approximate surface area is 152 Å². The first kappa shape index (κ1) is 22.2. The topological polar surface area (TPSA) is 84.9 Å². The van der Waals surface area contributed by atoms with Gasteiger partial charge in [0.15, 0.2) is 0 Å². The second-order valence-corrected chi connectivity index (χ2v) is 10.5. The van der Waals surface area contributed by atoms with Gasteiger partial charge in [0.1, 0.15) is 15.4 Å². The first-order valence-corrected chi connectivity index (χ1v) is 10.8. The molecule has 1 saturated heterocycles. The quantitative estimate of drug-likeness (QED) is 0.725. The van der Waals surface area contributed by atoms with Crippen LogP contribution in [0.5, 0.6) is 0 Å². The van der Waals surface area contributed by atoms with E-state index in [1.165, 1.54) is 6.26 Å². The molecule has 7 nitrogen and oxygen atoms in total. The summed E-state index contributed by atoms with van der Waals surface area (Å²) in [5.41, 5.74) is -0.597. The zero-order valence-electron chi connectivity index (χ0n) is 16.4. The Morgan fingerprint density at radius 3 is 2.28 bits per heavy atom. The van der Waals surface area contributed by atoms with Gasteiger partial charge in [-0.1, -0.05) is 0 Å². The molecule has 1 atom stereocenters. The van der Waals surface area contributed by atoms with Crippen LogP contribution in [-0.2, 0) is 19.3 Å². The molecule has 0 aliphatic carbocycles. The average Bonchev–Trinajstić information content (AvgIpc) is 2.43. The Morgan fingerprint density at radius 2 is 1.84 bits per heavy atom. The molecular formula is C17H34N2O5S. The van der Waals surface area contributed by atoms with Crippen molar-refractivity contribution in [1.29, 1.82) is 0 Å². The molecule has 148 valence electrons. The Hall–Kier alpha value is -0.860. The van der Waals surface area contributed by atoms with E-state index in [4.69, 9.17) is 9.47 Å². The largest absolute Gasteiger partial charge is 0.444 e. The lowest BCUT2D eigenvalue weighted by molar-refractivity contribution is -0.00701. The molecule has 1 fully saturated rings. The third-order valence-corrected chi connectivity index (χ3v) is 5.41. The fraction of sp³-hybridized carbons (Fsp3) is 0.941. The molecule has 1 unspecified atom stereocenters. The fourth-order valence-corrected chi connectivity index (χ4v) is 4.10. The van der Waals surface area contributed by atoms with E-state index in [2.05, 4.69) is 5.32 Å². The lowest BCUT2D eigenvalue weighted by Gasteiger charge is -2.42. The zero-order valence-corrected chi connectivity index (χ0v) is 17.2. The van der Waals surface area contributed by atoms with Crippen LogP contribution in [0.4, 0.5) is 4.79 Å². The van der Waals surface area contributed by atoms with Crippen molar-refractivity contribution in [3.8, 4) is 0 Å². The van der Waals surface area contributed by atoms with Crippen molar-refractivity contribution in [2.45, 2.75) is 52.2 Å². The van der Waals surface area contributed by atoms with Crippen molar-refractivity contribution in [3.05, 3.63) is 0 Å². The number of methoxy groups -OCH3 is 1. The third-order valence-electron chi connectivity index (χ3n) is 4.30. The van der Waals surface area contributed by atoms with Crippen molar-refractivity contribution >= 4 is 15.9 Å². The number of carbonyl (C=O) groups excluding carboxylic acids is 1. The van der Waals surface area contributed by atoms with Crippen LogP contribution in [-0.4, -0.2) is 76.4 Å². The number of nitrogens with one attached hydrogen (secondary N) is 1. The number of hydrogen-bond acceptors (Lipinski definition) is 6. The van der Waals surface area contributed by atoms with Crippen molar-refractivity contribution in [2.24, 2.45) is 5.41 Å². The van der Waals surface area contributed by atoms with Crippen LogP contribution in [0.3, 0.4) is 0 Å². The van der Waals surface area contributed by atoms with Crippen LogP contribution in [0, 0.1) is 5.41 Å². The molecule has 1 rings (SSSR count).